The molecule has 5 nitrogen and oxygen atoms in total. The molecule has 0 aromatic heterocycles. The van der Waals surface area contributed by atoms with E-state index < -0.39 is 6.09 Å². The SMILES string of the molecule is CCCC(OC(N)=O)C(C)OCCO. The van der Waals surface area contributed by atoms with Gasteiger partial charge in [0.1, 0.15) is 6.10 Å². The van der Waals surface area contributed by atoms with Crippen LogP contribution in [0.25, 0.3) is 0 Å². The number of aliphatic hydroxyl groups excluding tert-OH is 1. The third-order valence-electron chi connectivity index (χ3n) is 1.84. The molecule has 3 N–H and O–H groups in total. The average Bonchev–Trinajstić information content (AvgIpc) is 2.13. The third kappa shape index (κ3) is 5.77. The van der Waals surface area contributed by atoms with E-state index in [1.54, 1.807) is 6.92 Å². The van der Waals surface area contributed by atoms with Gasteiger partial charge in [-0.15, -0.1) is 0 Å². The van der Waals surface area contributed by atoms with Gasteiger partial charge in [0, 0.05) is 0 Å². The number of carbonyl (C=O) groups excluding carboxylic acids is 1. The lowest BCUT2D eigenvalue weighted by molar-refractivity contribution is -0.0446. The molecule has 84 valence electrons. The minimum atomic E-state index is -0.789. The fourth-order valence-corrected chi connectivity index (χ4v) is 1.17. The van der Waals surface area contributed by atoms with Crippen molar-refractivity contribution in [1.82, 2.24) is 0 Å². The lowest BCUT2D eigenvalue weighted by Gasteiger charge is -2.22. The quantitative estimate of drug-likeness (QED) is 0.639. The summed E-state index contributed by atoms with van der Waals surface area (Å²) in [6, 6.07) is 0. The van der Waals surface area contributed by atoms with Crippen LogP contribution in [0.4, 0.5) is 4.79 Å². The van der Waals surface area contributed by atoms with E-state index in [4.69, 9.17) is 20.3 Å². The van der Waals surface area contributed by atoms with Crippen LogP contribution < -0.4 is 5.73 Å². The summed E-state index contributed by atoms with van der Waals surface area (Å²) >= 11 is 0. The molecule has 2 unspecified atom stereocenters. The highest BCUT2D eigenvalue weighted by atomic mass is 16.6. The van der Waals surface area contributed by atoms with Gasteiger partial charge in [-0.05, 0) is 13.3 Å². The molecule has 0 rings (SSSR count). The highest BCUT2D eigenvalue weighted by Crippen LogP contribution is 2.10. The monoisotopic (exact) mass is 205 g/mol. The first-order valence-electron chi connectivity index (χ1n) is 4.80. The van der Waals surface area contributed by atoms with E-state index in [0.717, 1.165) is 6.42 Å². The topological polar surface area (TPSA) is 81.8 Å². The lowest BCUT2D eigenvalue weighted by Crippen LogP contribution is -2.33. The van der Waals surface area contributed by atoms with Crippen molar-refractivity contribution in [2.75, 3.05) is 13.2 Å². The Hall–Kier alpha value is -0.810. The first-order valence-corrected chi connectivity index (χ1v) is 4.80. The summed E-state index contributed by atoms with van der Waals surface area (Å²) in [6.45, 7) is 3.97. The van der Waals surface area contributed by atoms with Gasteiger partial charge in [0.2, 0.25) is 0 Å². The second-order valence-electron chi connectivity index (χ2n) is 3.06. The molecule has 0 fully saturated rings. The first kappa shape index (κ1) is 13.2. The minimum Gasteiger partial charge on any atom is -0.444 e. The van der Waals surface area contributed by atoms with E-state index in [-0.39, 0.29) is 25.4 Å². The molecule has 0 heterocycles. The highest BCUT2D eigenvalue weighted by molar-refractivity contribution is 5.64. The molecule has 0 aliphatic rings. The Bertz CT molecular complexity index is 163. The molecule has 0 saturated carbocycles. The highest BCUT2D eigenvalue weighted by Gasteiger charge is 2.19. The summed E-state index contributed by atoms with van der Waals surface area (Å²) in [5, 5.41) is 8.55. The molecule has 0 aliphatic heterocycles. The fraction of sp³-hybridized carbons (Fsp3) is 0.889. The van der Waals surface area contributed by atoms with Crippen LogP contribution in [0.2, 0.25) is 0 Å². The van der Waals surface area contributed by atoms with Gasteiger partial charge in [0.05, 0.1) is 19.3 Å². The van der Waals surface area contributed by atoms with Crippen LogP contribution in [0, 0.1) is 0 Å². The van der Waals surface area contributed by atoms with E-state index in [9.17, 15) is 4.79 Å². The van der Waals surface area contributed by atoms with Gasteiger partial charge in [-0.3, -0.25) is 0 Å². The van der Waals surface area contributed by atoms with Crippen LogP contribution in [0.5, 0.6) is 0 Å². The molecule has 0 radical (unpaired) electrons. The summed E-state index contributed by atoms with van der Waals surface area (Å²) in [5.41, 5.74) is 4.92. The Labute approximate surface area is 84.2 Å². The predicted molar refractivity (Wildman–Crippen MR) is 51.9 cm³/mol. The van der Waals surface area contributed by atoms with Crippen molar-refractivity contribution in [3.05, 3.63) is 0 Å². The minimum absolute atomic E-state index is 0.0419. The number of carbonyl (C=O) groups is 1. The Morgan fingerprint density at radius 1 is 1.57 bits per heavy atom. The molecule has 0 spiro atoms. The van der Waals surface area contributed by atoms with E-state index in [2.05, 4.69) is 0 Å². The Morgan fingerprint density at radius 2 is 2.21 bits per heavy atom. The van der Waals surface area contributed by atoms with Gasteiger partial charge in [-0.25, -0.2) is 4.79 Å². The zero-order valence-corrected chi connectivity index (χ0v) is 8.73. The van der Waals surface area contributed by atoms with Crippen molar-refractivity contribution in [2.24, 2.45) is 5.73 Å². The number of amides is 1. The van der Waals surface area contributed by atoms with Gasteiger partial charge < -0.3 is 20.3 Å². The summed E-state index contributed by atoms with van der Waals surface area (Å²) in [6.07, 6.45) is 0.224. The maximum atomic E-state index is 10.6. The molecular formula is C9H19NO4. The molecule has 0 aliphatic carbocycles. The first-order chi connectivity index (χ1) is 6.61. The Kier molecular flexibility index (Phi) is 7.14. The average molecular weight is 205 g/mol. The second-order valence-corrected chi connectivity index (χ2v) is 3.06. The van der Waals surface area contributed by atoms with Gasteiger partial charge in [-0.1, -0.05) is 13.3 Å². The number of hydrogen-bond donors (Lipinski definition) is 2. The van der Waals surface area contributed by atoms with Crippen molar-refractivity contribution in [3.8, 4) is 0 Å². The molecular weight excluding hydrogens is 186 g/mol. The number of ether oxygens (including phenoxy) is 2. The number of hydrogen-bond acceptors (Lipinski definition) is 4. The normalized spacial score (nSPS) is 14.8. The zero-order valence-electron chi connectivity index (χ0n) is 8.73. The summed E-state index contributed by atoms with van der Waals surface area (Å²) < 4.78 is 10.1. The predicted octanol–water partition coefficient (Wildman–Crippen LogP) is 0.648. The van der Waals surface area contributed by atoms with Gasteiger partial charge in [0.25, 0.3) is 0 Å². The van der Waals surface area contributed by atoms with Crippen molar-refractivity contribution in [1.29, 1.82) is 0 Å². The van der Waals surface area contributed by atoms with Gasteiger partial charge in [0.15, 0.2) is 0 Å². The van der Waals surface area contributed by atoms with E-state index in [0.29, 0.717) is 6.42 Å². The van der Waals surface area contributed by atoms with E-state index in [1.165, 1.54) is 0 Å². The maximum Gasteiger partial charge on any atom is 0.404 e. The molecule has 2 atom stereocenters. The molecule has 0 aromatic carbocycles. The molecule has 5 heteroatoms. The van der Waals surface area contributed by atoms with Crippen molar-refractivity contribution in [3.63, 3.8) is 0 Å². The zero-order chi connectivity index (χ0) is 11.0. The van der Waals surface area contributed by atoms with Crippen LogP contribution in [-0.4, -0.2) is 36.6 Å². The van der Waals surface area contributed by atoms with Gasteiger partial charge in [-0.2, -0.15) is 0 Å². The van der Waals surface area contributed by atoms with Crippen molar-refractivity contribution in [2.45, 2.75) is 38.9 Å². The summed E-state index contributed by atoms with van der Waals surface area (Å²) in [7, 11) is 0. The molecule has 14 heavy (non-hydrogen) atoms. The molecule has 0 bridgehead atoms. The maximum absolute atomic E-state index is 10.6. The Morgan fingerprint density at radius 3 is 2.64 bits per heavy atom. The smallest absolute Gasteiger partial charge is 0.404 e. The molecule has 0 saturated heterocycles. The summed E-state index contributed by atoms with van der Waals surface area (Å²) in [5.74, 6) is 0. The summed E-state index contributed by atoms with van der Waals surface area (Å²) in [4.78, 5) is 10.6. The van der Waals surface area contributed by atoms with E-state index >= 15 is 0 Å². The van der Waals surface area contributed by atoms with Crippen LogP contribution in [0.1, 0.15) is 26.7 Å². The standard InChI is InChI=1S/C9H19NO4/c1-3-4-8(14-9(10)12)7(2)13-6-5-11/h7-8,11H,3-6H2,1-2H3,(H2,10,12). The van der Waals surface area contributed by atoms with Crippen molar-refractivity contribution < 1.29 is 19.4 Å². The lowest BCUT2D eigenvalue weighted by atomic mass is 10.1. The fourth-order valence-electron chi connectivity index (χ4n) is 1.17. The van der Waals surface area contributed by atoms with Crippen LogP contribution in [0.3, 0.4) is 0 Å². The number of nitrogens with two attached hydrogens (primary N) is 1. The van der Waals surface area contributed by atoms with Crippen LogP contribution in [0.15, 0.2) is 0 Å². The van der Waals surface area contributed by atoms with Crippen molar-refractivity contribution >= 4 is 6.09 Å². The van der Waals surface area contributed by atoms with Gasteiger partial charge >= 0.3 is 6.09 Å². The number of primary amides is 1. The van der Waals surface area contributed by atoms with E-state index in [1.807, 2.05) is 6.92 Å². The largest absolute Gasteiger partial charge is 0.444 e. The number of aliphatic hydroxyl groups is 1. The molecule has 0 aromatic rings. The Balaban J connectivity index is 3.96. The second kappa shape index (κ2) is 7.58. The third-order valence-corrected chi connectivity index (χ3v) is 1.84. The number of rotatable bonds is 7. The molecule has 1 amide bonds. The van der Waals surface area contributed by atoms with Crippen LogP contribution in [-0.2, 0) is 9.47 Å². The van der Waals surface area contributed by atoms with Crippen LogP contribution >= 0.6 is 0 Å².